The first-order valence-electron chi connectivity index (χ1n) is 7.51. The lowest BCUT2D eigenvalue weighted by molar-refractivity contribution is -0.118. The number of nitrogens with zero attached hydrogens (tertiary/aromatic N) is 1. The fourth-order valence-corrected chi connectivity index (χ4v) is 3.70. The van der Waals surface area contributed by atoms with Gasteiger partial charge in [0.25, 0.3) is 0 Å². The summed E-state index contributed by atoms with van der Waals surface area (Å²) in [5.74, 6) is 0.441. The van der Waals surface area contributed by atoms with E-state index in [-0.39, 0.29) is 22.5 Å². The molecule has 0 saturated heterocycles. The number of nitriles is 1. The summed E-state index contributed by atoms with van der Waals surface area (Å²) in [4.78, 5) is 12.5. The minimum atomic E-state index is -0.736. The average Bonchev–Trinajstić information content (AvgIpc) is 2.45. The van der Waals surface area contributed by atoms with Crippen LogP contribution < -0.4 is 5.73 Å². The summed E-state index contributed by atoms with van der Waals surface area (Å²) >= 11 is 12.2. The Balaban J connectivity index is 2.13. The van der Waals surface area contributed by atoms with Gasteiger partial charge in [-0.05, 0) is 17.5 Å². The van der Waals surface area contributed by atoms with E-state index in [4.69, 9.17) is 33.7 Å². The first-order valence-corrected chi connectivity index (χ1v) is 8.27. The third-order valence-corrected chi connectivity index (χ3v) is 4.85. The minimum Gasteiger partial charge on any atom is -0.484 e. The monoisotopic (exact) mass is 362 g/mol. The molecule has 0 bridgehead atoms. The molecule has 3 rings (SSSR count). The molecule has 4 nitrogen and oxygen atoms in total. The minimum absolute atomic E-state index is 0.0906. The molecule has 0 spiro atoms. The van der Waals surface area contributed by atoms with Gasteiger partial charge in [0.2, 0.25) is 0 Å². The maximum absolute atomic E-state index is 12.5. The van der Waals surface area contributed by atoms with Crippen LogP contribution in [0.15, 0.2) is 40.8 Å². The molecule has 124 valence electrons. The van der Waals surface area contributed by atoms with Crippen LogP contribution in [0.25, 0.3) is 0 Å². The lowest BCUT2D eigenvalue weighted by Crippen LogP contribution is -2.33. The largest absolute Gasteiger partial charge is 0.484 e. The molecule has 1 heterocycles. The van der Waals surface area contributed by atoms with Crippen molar-refractivity contribution in [1.29, 1.82) is 5.26 Å². The van der Waals surface area contributed by atoms with Crippen molar-refractivity contribution < 1.29 is 9.53 Å². The van der Waals surface area contributed by atoms with Gasteiger partial charge < -0.3 is 10.5 Å². The Labute approximate surface area is 150 Å². The standard InChI is InChI=1S/C18H16Cl2N2O2/c1-18(2)6-13(23)15-14(7-18)24-17(11(8-21)16(15)22)10-4-3-9(19)5-12(10)20/h3-5,17H,6-7,22H2,1-2H3/t17-/m0/s1. The number of carbonyl (C=O) groups excluding carboxylic acids is 1. The number of carbonyl (C=O) groups is 1. The van der Waals surface area contributed by atoms with Gasteiger partial charge in [-0.15, -0.1) is 0 Å². The zero-order valence-electron chi connectivity index (χ0n) is 13.3. The number of ether oxygens (including phenoxy) is 1. The van der Waals surface area contributed by atoms with Crippen molar-refractivity contribution in [2.45, 2.75) is 32.8 Å². The first kappa shape index (κ1) is 16.9. The van der Waals surface area contributed by atoms with E-state index in [2.05, 4.69) is 6.07 Å². The Morgan fingerprint density at radius 3 is 2.67 bits per heavy atom. The Bertz CT molecular complexity index is 847. The van der Waals surface area contributed by atoms with Gasteiger partial charge in [-0.2, -0.15) is 5.26 Å². The highest BCUT2D eigenvalue weighted by Gasteiger charge is 2.41. The molecular weight excluding hydrogens is 347 g/mol. The van der Waals surface area contributed by atoms with Gasteiger partial charge in [0, 0.05) is 28.5 Å². The maximum atomic E-state index is 12.5. The third-order valence-electron chi connectivity index (χ3n) is 4.28. The van der Waals surface area contributed by atoms with Crippen molar-refractivity contribution in [3.63, 3.8) is 0 Å². The molecule has 24 heavy (non-hydrogen) atoms. The zero-order valence-corrected chi connectivity index (χ0v) is 14.8. The van der Waals surface area contributed by atoms with Crippen LogP contribution in [0.2, 0.25) is 10.0 Å². The normalized spacial score (nSPS) is 22.8. The van der Waals surface area contributed by atoms with Crippen molar-refractivity contribution in [1.82, 2.24) is 0 Å². The van der Waals surface area contributed by atoms with Gasteiger partial charge in [0.1, 0.15) is 11.8 Å². The van der Waals surface area contributed by atoms with Crippen LogP contribution >= 0.6 is 23.2 Å². The van der Waals surface area contributed by atoms with Crippen LogP contribution in [0.5, 0.6) is 0 Å². The molecule has 1 aromatic rings. The summed E-state index contributed by atoms with van der Waals surface area (Å²) in [6.45, 7) is 4.00. The van der Waals surface area contributed by atoms with E-state index in [1.807, 2.05) is 13.8 Å². The third kappa shape index (κ3) is 2.79. The fraction of sp³-hybridized carbons (Fsp3) is 0.333. The van der Waals surface area contributed by atoms with Gasteiger partial charge in [0.15, 0.2) is 11.9 Å². The molecule has 2 N–H and O–H groups in total. The molecule has 1 atom stereocenters. The van der Waals surface area contributed by atoms with Crippen molar-refractivity contribution in [2.24, 2.45) is 11.1 Å². The topological polar surface area (TPSA) is 76.1 Å². The van der Waals surface area contributed by atoms with E-state index in [9.17, 15) is 10.1 Å². The molecule has 2 aliphatic rings. The Kier molecular flexibility index (Phi) is 4.11. The van der Waals surface area contributed by atoms with E-state index in [1.165, 1.54) is 0 Å². The number of benzene rings is 1. The van der Waals surface area contributed by atoms with Gasteiger partial charge in [-0.25, -0.2) is 0 Å². The van der Waals surface area contributed by atoms with Crippen LogP contribution in [-0.2, 0) is 9.53 Å². The molecule has 6 heteroatoms. The molecule has 1 aliphatic heterocycles. The van der Waals surface area contributed by atoms with Crippen molar-refractivity contribution in [3.8, 4) is 6.07 Å². The number of halogens is 2. The molecule has 0 aromatic heterocycles. The second kappa shape index (κ2) is 5.84. The Morgan fingerprint density at radius 2 is 2.04 bits per heavy atom. The fourth-order valence-electron chi connectivity index (χ4n) is 3.19. The van der Waals surface area contributed by atoms with E-state index < -0.39 is 6.10 Å². The van der Waals surface area contributed by atoms with E-state index >= 15 is 0 Å². The smallest absolute Gasteiger partial charge is 0.168 e. The van der Waals surface area contributed by atoms with Crippen LogP contribution in [0.1, 0.15) is 38.4 Å². The van der Waals surface area contributed by atoms with Crippen molar-refractivity contribution in [2.75, 3.05) is 0 Å². The van der Waals surface area contributed by atoms with Crippen molar-refractivity contribution >= 4 is 29.0 Å². The molecular formula is C18H16Cl2N2O2. The van der Waals surface area contributed by atoms with Crippen LogP contribution in [-0.4, -0.2) is 5.78 Å². The predicted octanol–water partition coefficient (Wildman–Crippen LogP) is 4.44. The second-order valence-electron chi connectivity index (χ2n) is 6.84. The lowest BCUT2D eigenvalue weighted by Gasteiger charge is -2.37. The molecule has 1 aliphatic carbocycles. The van der Waals surface area contributed by atoms with E-state index in [0.717, 1.165) is 0 Å². The number of nitrogens with two attached hydrogens (primary N) is 1. The zero-order chi connectivity index (χ0) is 17.6. The van der Waals surface area contributed by atoms with E-state index in [1.54, 1.807) is 18.2 Å². The molecule has 0 radical (unpaired) electrons. The summed E-state index contributed by atoms with van der Waals surface area (Å²) in [5, 5.41) is 10.4. The number of hydrogen-bond donors (Lipinski definition) is 1. The highest BCUT2D eigenvalue weighted by molar-refractivity contribution is 6.35. The van der Waals surface area contributed by atoms with Gasteiger partial charge in [0.05, 0.1) is 16.8 Å². The Hall–Kier alpha value is -1.96. The maximum Gasteiger partial charge on any atom is 0.168 e. The first-order chi connectivity index (χ1) is 11.2. The highest BCUT2D eigenvalue weighted by atomic mass is 35.5. The molecule has 1 aromatic carbocycles. The number of hydrogen-bond acceptors (Lipinski definition) is 4. The van der Waals surface area contributed by atoms with Gasteiger partial charge >= 0.3 is 0 Å². The quantitative estimate of drug-likeness (QED) is 0.800. The molecule has 0 saturated carbocycles. The van der Waals surface area contributed by atoms with Gasteiger partial charge in [-0.1, -0.05) is 43.1 Å². The summed E-state index contributed by atoms with van der Waals surface area (Å²) in [6, 6.07) is 7.05. The summed E-state index contributed by atoms with van der Waals surface area (Å²) < 4.78 is 6.05. The number of Topliss-reactive ketones (excluding diaryl/α,β-unsaturated/α-hetero) is 1. The number of allylic oxidation sites excluding steroid dienone is 2. The highest BCUT2D eigenvalue weighted by Crippen LogP contribution is 2.47. The van der Waals surface area contributed by atoms with Crippen LogP contribution in [0, 0.1) is 16.7 Å². The predicted molar refractivity (Wildman–Crippen MR) is 92.2 cm³/mol. The van der Waals surface area contributed by atoms with E-state index in [0.29, 0.717) is 39.8 Å². The Morgan fingerprint density at radius 1 is 1.33 bits per heavy atom. The van der Waals surface area contributed by atoms with Crippen LogP contribution in [0.4, 0.5) is 0 Å². The SMILES string of the molecule is CC1(C)CC(=O)C2=C(C1)O[C@@H](c1ccc(Cl)cc1Cl)C(C#N)=C2N. The summed E-state index contributed by atoms with van der Waals surface area (Å²) in [7, 11) is 0. The molecule has 0 unspecified atom stereocenters. The lowest BCUT2D eigenvalue weighted by atomic mass is 9.74. The van der Waals surface area contributed by atoms with Crippen molar-refractivity contribution in [3.05, 3.63) is 56.4 Å². The molecule has 0 fully saturated rings. The number of ketones is 1. The number of rotatable bonds is 1. The average molecular weight is 363 g/mol. The second-order valence-corrected chi connectivity index (χ2v) is 7.69. The summed E-state index contributed by atoms with van der Waals surface area (Å²) in [5.41, 5.74) is 7.28. The molecule has 0 amide bonds. The van der Waals surface area contributed by atoms with Gasteiger partial charge in [-0.3, -0.25) is 4.79 Å². The van der Waals surface area contributed by atoms with Crippen LogP contribution in [0.3, 0.4) is 0 Å². The summed E-state index contributed by atoms with van der Waals surface area (Å²) in [6.07, 6.45) is 0.219.